The quantitative estimate of drug-likeness (QED) is 0.698. The Labute approximate surface area is 170 Å². The molecule has 2 amide bonds. The molecule has 0 bridgehead atoms. The Morgan fingerprint density at radius 2 is 1.82 bits per heavy atom. The number of nitrogens with one attached hydrogen (secondary N) is 1. The Balaban J connectivity index is 1.70. The molecule has 0 aliphatic carbocycles. The number of nitrogens with zero attached hydrogens (tertiary/aromatic N) is 2. The molecule has 0 aromatic rings. The van der Waals surface area contributed by atoms with Gasteiger partial charge in [-0.25, -0.2) is 4.79 Å². The van der Waals surface area contributed by atoms with Crippen molar-refractivity contribution in [3.8, 4) is 0 Å². The van der Waals surface area contributed by atoms with Crippen LogP contribution in [0.5, 0.6) is 0 Å². The molecule has 1 atom stereocenters. The fourth-order valence-corrected chi connectivity index (χ4v) is 3.82. The van der Waals surface area contributed by atoms with Gasteiger partial charge in [0.25, 0.3) is 0 Å². The number of rotatable bonds is 6. The summed E-state index contributed by atoms with van der Waals surface area (Å²) in [5.41, 5.74) is -0.674. The molecule has 2 fully saturated rings. The number of piperidine rings is 1. The number of hydrogen-bond donors (Lipinski definition) is 1. The molecule has 0 saturated carbocycles. The molecule has 2 aliphatic rings. The first-order chi connectivity index (χ1) is 13.1. The maximum atomic E-state index is 12.4. The van der Waals surface area contributed by atoms with E-state index in [4.69, 9.17) is 9.47 Å². The normalized spacial score (nSPS) is 23.3. The van der Waals surface area contributed by atoms with E-state index in [0.717, 1.165) is 52.1 Å². The van der Waals surface area contributed by atoms with Crippen molar-refractivity contribution in [3.05, 3.63) is 0 Å². The third-order valence-electron chi connectivity index (χ3n) is 5.45. The van der Waals surface area contributed by atoms with Gasteiger partial charge in [0.1, 0.15) is 5.60 Å². The van der Waals surface area contributed by atoms with Crippen LogP contribution in [0.1, 0.15) is 60.3 Å². The van der Waals surface area contributed by atoms with Crippen LogP contribution in [0.2, 0.25) is 0 Å². The van der Waals surface area contributed by atoms with Crippen molar-refractivity contribution in [2.75, 3.05) is 45.9 Å². The maximum absolute atomic E-state index is 12.4. The molecule has 0 radical (unpaired) electrons. The largest absolute Gasteiger partial charge is 0.444 e. The summed E-state index contributed by atoms with van der Waals surface area (Å²) in [5, 5.41) is 3.20. The molecule has 28 heavy (non-hydrogen) atoms. The smallest absolute Gasteiger partial charge is 0.410 e. The Bertz CT molecular complexity index is 524. The second-order valence-electron chi connectivity index (χ2n) is 9.71. The molecule has 0 unspecified atom stereocenters. The van der Waals surface area contributed by atoms with Crippen LogP contribution in [-0.4, -0.2) is 79.4 Å². The highest BCUT2D eigenvalue weighted by Crippen LogP contribution is 2.30. The van der Waals surface area contributed by atoms with Crippen LogP contribution in [0, 0.1) is 5.41 Å². The summed E-state index contributed by atoms with van der Waals surface area (Å²) in [6, 6.07) is 0.0814. The van der Waals surface area contributed by atoms with E-state index in [0.29, 0.717) is 19.5 Å². The lowest BCUT2D eigenvalue weighted by Crippen LogP contribution is -2.57. The fraction of sp³-hybridized carbons (Fsp3) is 0.905. The third kappa shape index (κ3) is 7.59. The van der Waals surface area contributed by atoms with E-state index in [9.17, 15) is 9.59 Å². The van der Waals surface area contributed by atoms with E-state index in [1.54, 1.807) is 4.90 Å². The standard InChI is InChI=1S/C21H39N3O4/c1-20(2,3)28-19(26)24-11-9-17(21(4,5)16-24)22-18(25)8-6-7-10-23-12-14-27-15-13-23/h17H,6-16H2,1-5H3,(H,22,25)/t17-/m1/s1. The molecule has 0 spiro atoms. The number of unbranched alkanes of at least 4 members (excludes halogenated alkanes) is 1. The molecule has 2 aliphatic heterocycles. The van der Waals surface area contributed by atoms with Gasteiger partial charge in [-0.1, -0.05) is 13.8 Å². The van der Waals surface area contributed by atoms with E-state index in [1.807, 2.05) is 20.8 Å². The van der Waals surface area contributed by atoms with Gasteiger partial charge in [0.2, 0.25) is 5.91 Å². The second kappa shape index (κ2) is 9.92. The van der Waals surface area contributed by atoms with Crippen LogP contribution in [0.3, 0.4) is 0 Å². The third-order valence-corrected chi connectivity index (χ3v) is 5.45. The molecule has 2 heterocycles. The highest BCUT2D eigenvalue weighted by Gasteiger charge is 2.39. The minimum Gasteiger partial charge on any atom is -0.444 e. The zero-order valence-electron chi connectivity index (χ0n) is 18.4. The highest BCUT2D eigenvalue weighted by atomic mass is 16.6. The first-order valence-electron chi connectivity index (χ1n) is 10.6. The molecule has 0 aromatic heterocycles. The predicted octanol–water partition coefficient (Wildman–Crippen LogP) is 2.64. The van der Waals surface area contributed by atoms with Crippen molar-refractivity contribution in [1.82, 2.24) is 15.1 Å². The van der Waals surface area contributed by atoms with E-state index >= 15 is 0 Å². The molecule has 2 saturated heterocycles. The molecule has 7 heteroatoms. The van der Waals surface area contributed by atoms with Crippen LogP contribution < -0.4 is 5.32 Å². The topological polar surface area (TPSA) is 71.1 Å². The molecule has 0 aromatic carbocycles. The van der Waals surface area contributed by atoms with Crippen molar-refractivity contribution in [1.29, 1.82) is 0 Å². The zero-order chi connectivity index (χ0) is 20.8. The number of carbonyl (C=O) groups is 2. The van der Waals surface area contributed by atoms with E-state index in [2.05, 4.69) is 24.1 Å². The lowest BCUT2D eigenvalue weighted by Gasteiger charge is -2.44. The predicted molar refractivity (Wildman–Crippen MR) is 109 cm³/mol. The van der Waals surface area contributed by atoms with Crippen LogP contribution in [0.4, 0.5) is 4.79 Å². The number of carbonyl (C=O) groups excluding carboxylic acids is 2. The van der Waals surface area contributed by atoms with Gasteiger partial charge in [-0.05, 0) is 46.6 Å². The number of hydrogen-bond acceptors (Lipinski definition) is 5. The summed E-state index contributed by atoms with van der Waals surface area (Å²) in [6.07, 6.45) is 2.99. The fourth-order valence-electron chi connectivity index (χ4n) is 3.82. The zero-order valence-corrected chi connectivity index (χ0v) is 18.4. The van der Waals surface area contributed by atoms with Gasteiger partial charge in [-0.15, -0.1) is 0 Å². The van der Waals surface area contributed by atoms with Crippen molar-refractivity contribution in [2.45, 2.75) is 71.9 Å². The number of amides is 2. The summed E-state index contributed by atoms with van der Waals surface area (Å²) in [7, 11) is 0. The van der Waals surface area contributed by atoms with E-state index < -0.39 is 5.60 Å². The first-order valence-corrected chi connectivity index (χ1v) is 10.6. The SMILES string of the molecule is CC(C)(C)OC(=O)N1CC[C@@H](NC(=O)CCCCN2CCOCC2)C(C)(C)C1. The minimum absolute atomic E-state index is 0.0814. The van der Waals surface area contributed by atoms with Gasteiger partial charge in [-0.3, -0.25) is 9.69 Å². The summed E-state index contributed by atoms with van der Waals surface area (Å²) >= 11 is 0. The number of morpholine rings is 1. The Morgan fingerprint density at radius 3 is 2.43 bits per heavy atom. The van der Waals surface area contributed by atoms with Gasteiger partial charge in [-0.2, -0.15) is 0 Å². The molecule has 2 rings (SSSR count). The lowest BCUT2D eigenvalue weighted by molar-refractivity contribution is -0.123. The van der Waals surface area contributed by atoms with Crippen LogP contribution >= 0.6 is 0 Å². The van der Waals surface area contributed by atoms with Crippen molar-refractivity contribution >= 4 is 12.0 Å². The lowest BCUT2D eigenvalue weighted by atomic mass is 9.79. The van der Waals surface area contributed by atoms with Crippen molar-refractivity contribution in [3.63, 3.8) is 0 Å². The number of ether oxygens (including phenoxy) is 2. The molecule has 1 N–H and O–H groups in total. The molecule has 7 nitrogen and oxygen atoms in total. The van der Waals surface area contributed by atoms with Crippen molar-refractivity contribution < 1.29 is 19.1 Å². The first kappa shape index (κ1) is 22.9. The maximum Gasteiger partial charge on any atom is 0.410 e. The van der Waals surface area contributed by atoms with Crippen LogP contribution in [0.25, 0.3) is 0 Å². The monoisotopic (exact) mass is 397 g/mol. The van der Waals surface area contributed by atoms with Crippen LogP contribution in [0.15, 0.2) is 0 Å². The van der Waals surface area contributed by atoms with Gasteiger partial charge in [0.05, 0.1) is 13.2 Å². The summed E-state index contributed by atoms with van der Waals surface area (Å²) in [5.74, 6) is 0.116. The summed E-state index contributed by atoms with van der Waals surface area (Å²) in [6.45, 7) is 15.7. The summed E-state index contributed by atoms with van der Waals surface area (Å²) < 4.78 is 10.8. The average Bonchev–Trinajstić information content (AvgIpc) is 2.59. The number of likely N-dealkylation sites (tertiary alicyclic amines) is 1. The Morgan fingerprint density at radius 1 is 1.14 bits per heavy atom. The minimum atomic E-state index is -0.493. The van der Waals surface area contributed by atoms with Gasteiger partial charge in [0.15, 0.2) is 0 Å². The average molecular weight is 398 g/mol. The van der Waals surface area contributed by atoms with E-state index in [1.165, 1.54) is 0 Å². The van der Waals surface area contributed by atoms with E-state index in [-0.39, 0.29) is 23.5 Å². The van der Waals surface area contributed by atoms with Gasteiger partial charge >= 0.3 is 6.09 Å². The highest BCUT2D eigenvalue weighted by molar-refractivity contribution is 5.76. The van der Waals surface area contributed by atoms with Crippen LogP contribution in [-0.2, 0) is 14.3 Å². The second-order valence-corrected chi connectivity index (χ2v) is 9.71. The molecule has 162 valence electrons. The molecular weight excluding hydrogens is 358 g/mol. The Hall–Kier alpha value is -1.34. The van der Waals surface area contributed by atoms with Crippen molar-refractivity contribution in [2.24, 2.45) is 5.41 Å². The molecular formula is C21H39N3O4. The van der Waals surface area contributed by atoms with Gasteiger partial charge < -0.3 is 19.7 Å². The Kier molecular flexibility index (Phi) is 8.13. The summed E-state index contributed by atoms with van der Waals surface area (Å²) in [4.78, 5) is 28.9. The van der Waals surface area contributed by atoms with Gasteiger partial charge in [0, 0.05) is 44.1 Å².